The Morgan fingerprint density at radius 2 is 1.60 bits per heavy atom. The Labute approximate surface area is 149 Å². The van der Waals surface area contributed by atoms with E-state index >= 15 is 0 Å². The Balaban J connectivity index is 2.28. The molecule has 0 spiro atoms. The number of nitrogens with one attached hydrogen (secondary N) is 2. The SMILES string of the molecule is Cc1c(NS(=O)(=O)c2ccccc2)cccc1C(=O)N[C@@H](C)C(C)C. The van der Waals surface area contributed by atoms with Crippen molar-refractivity contribution in [3.63, 3.8) is 0 Å². The van der Waals surface area contributed by atoms with Crippen molar-refractivity contribution in [2.75, 3.05) is 4.72 Å². The van der Waals surface area contributed by atoms with Crippen LogP contribution >= 0.6 is 0 Å². The van der Waals surface area contributed by atoms with Gasteiger partial charge in [-0.15, -0.1) is 0 Å². The molecule has 6 heteroatoms. The summed E-state index contributed by atoms with van der Waals surface area (Å²) >= 11 is 0. The van der Waals surface area contributed by atoms with Crippen LogP contribution in [0.15, 0.2) is 53.4 Å². The van der Waals surface area contributed by atoms with E-state index in [0.717, 1.165) is 0 Å². The molecule has 0 aliphatic carbocycles. The first kappa shape index (κ1) is 19.0. The highest BCUT2D eigenvalue weighted by Gasteiger charge is 2.19. The van der Waals surface area contributed by atoms with Gasteiger partial charge in [0.25, 0.3) is 15.9 Å². The molecule has 2 N–H and O–H groups in total. The first-order valence-corrected chi connectivity index (χ1v) is 9.69. The van der Waals surface area contributed by atoms with Crippen LogP contribution < -0.4 is 10.0 Å². The van der Waals surface area contributed by atoms with E-state index in [1.165, 1.54) is 12.1 Å². The summed E-state index contributed by atoms with van der Waals surface area (Å²) in [4.78, 5) is 12.7. The molecule has 1 amide bonds. The molecule has 0 aliphatic rings. The molecule has 2 rings (SSSR count). The molecular weight excluding hydrogens is 336 g/mol. The third-order valence-corrected chi connectivity index (χ3v) is 5.62. The van der Waals surface area contributed by atoms with Crippen LogP contribution in [0.3, 0.4) is 0 Å². The van der Waals surface area contributed by atoms with Gasteiger partial charge in [-0.25, -0.2) is 8.42 Å². The fraction of sp³-hybridized carbons (Fsp3) is 0.316. The molecule has 134 valence electrons. The van der Waals surface area contributed by atoms with Gasteiger partial charge in [0.2, 0.25) is 0 Å². The molecule has 0 radical (unpaired) electrons. The summed E-state index contributed by atoms with van der Waals surface area (Å²) in [5, 5.41) is 2.94. The highest BCUT2D eigenvalue weighted by atomic mass is 32.2. The summed E-state index contributed by atoms with van der Waals surface area (Å²) in [5.74, 6) is 0.100. The van der Waals surface area contributed by atoms with Crippen molar-refractivity contribution in [3.05, 3.63) is 59.7 Å². The van der Waals surface area contributed by atoms with Gasteiger partial charge in [0.15, 0.2) is 0 Å². The number of benzene rings is 2. The van der Waals surface area contributed by atoms with Gasteiger partial charge in [-0.3, -0.25) is 9.52 Å². The summed E-state index contributed by atoms with van der Waals surface area (Å²) in [6.07, 6.45) is 0. The zero-order chi connectivity index (χ0) is 18.6. The number of anilines is 1. The van der Waals surface area contributed by atoms with E-state index in [4.69, 9.17) is 0 Å². The van der Waals surface area contributed by atoms with Crippen LogP contribution in [0.5, 0.6) is 0 Å². The van der Waals surface area contributed by atoms with Gasteiger partial charge in [0.05, 0.1) is 10.6 Å². The van der Waals surface area contributed by atoms with Crippen LogP contribution in [-0.2, 0) is 10.0 Å². The molecule has 5 nitrogen and oxygen atoms in total. The maximum Gasteiger partial charge on any atom is 0.261 e. The quantitative estimate of drug-likeness (QED) is 0.827. The standard InChI is InChI=1S/C19H24N2O3S/c1-13(2)15(4)20-19(22)17-11-8-12-18(14(17)3)21-25(23,24)16-9-6-5-7-10-16/h5-13,15,21H,1-4H3,(H,20,22)/t15-/m0/s1. The summed E-state index contributed by atoms with van der Waals surface area (Å²) in [5.41, 5.74) is 1.45. The van der Waals surface area contributed by atoms with Gasteiger partial charge < -0.3 is 5.32 Å². The van der Waals surface area contributed by atoms with E-state index in [0.29, 0.717) is 22.7 Å². The van der Waals surface area contributed by atoms with Gasteiger partial charge in [-0.05, 0) is 49.6 Å². The van der Waals surface area contributed by atoms with Crippen LogP contribution in [0.4, 0.5) is 5.69 Å². The molecule has 2 aromatic carbocycles. The summed E-state index contributed by atoms with van der Waals surface area (Å²) in [7, 11) is -3.70. The van der Waals surface area contributed by atoms with E-state index in [2.05, 4.69) is 10.0 Å². The predicted octanol–water partition coefficient (Wildman–Crippen LogP) is 3.57. The zero-order valence-corrected chi connectivity index (χ0v) is 15.7. The minimum atomic E-state index is -3.70. The highest BCUT2D eigenvalue weighted by molar-refractivity contribution is 7.92. The third kappa shape index (κ3) is 4.60. The zero-order valence-electron chi connectivity index (χ0n) is 14.9. The molecule has 0 saturated heterocycles. The Bertz CT molecular complexity index is 846. The molecule has 25 heavy (non-hydrogen) atoms. The Hall–Kier alpha value is -2.34. The first-order chi connectivity index (χ1) is 11.7. The average molecular weight is 360 g/mol. The summed E-state index contributed by atoms with van der Waals surface area (Å²) in [6, 6.07) is 13.2. The van der Waals surface area contributed by atoms with Crippen molar-refractivity contribution in [1.82, 2.24) is 5.32 Å². The van der Waals surface area contributed by atoms with Gasteiger partial charge in [-0.1, -0.05) is 38.1 Å². The van der Waals surface area contributed by atoms with Crippen LogP contribution in [0.25, 0.3) is 0 Å². The highest BCUT2D eigenvalue weighted by Crippen LogP contribution is 2.22. The monoisotopic (exact) mass is 360 g/mol. The first-order valence-electron chi connectivity index (χ1n) is 8.20. The van der Waals surface area contributed by atoms with Crippen LogP contribution in [0, 0.1) is 12.8 Å². The molecule has 2 aromatic rings. The smallest absolute Gasteiger partial charge is 0.261 e. The predicted molar refractivity (Wildman–Crippen MR) is 100 cm³/mol. The van der Waals surface area contributed by atoms with Crippen molar-refractivity contribution >= 4 is 21.6 Å². The number of hydrogen-bond donors (Lipinski definition) is 2. The second-order valence-corrected chi connectivity index (χ2v) is 8.09. The maximum atomic E-state index is 12.5. The van der Waals surface area contributed by atoms with Gasteiger partial charge in [0.1, 0.15) is 0 Å². The molecule has 0 fully saturated rings. The minimum absolute atomic E-state index is 0.0246. The third-order valence-electron chi connectivity index (χ3n) is 4.24. The fourth-order valence-electron chi connectivity index (χ4n) is 2.25. The Morgan fingerprint density at radius 1 is 0.960 bits per heavy atom. The molecule has 0 aromatic heterocycles. The summed E-state index contributed by atoms with van der Waals surface area (Å²) in [6.45, 7) is 7.74. The number of carbonyl (C=O) groups is 1. The molecule has 0 bridgehead atoms. The van der Waals surface area contributed by atoms with Crippen LogP contribution in [0.2, 0.25) is 0 Å². The molecule has 1 atom stereocenters. The second-order valence-electron chi connectivity index (χ2n) is 6.40. The van der Waals surface area contributed by atoms with Crippen molar-refractivity contribution < 1.29 is 13.2 Å². The van der Waals surface area contributed by atoms with E-state index < -0.39 is 10.0 Å². The van der Waals surface area contributed by atoms with E-state index in [1.54, 1.807) is 43.3 Å². The lowest BCUT2D eigenvalue weighted by Gasteiger charge is -2.19. The molecular formula is C19H24N2O3S. The largest absolute Gasteiger partial charge is 0.349 e. The molecule has 0 heterocycles. The van der Waals surface area contributed by atoms with Gasteiger partial charge >= 0.3 is 0 Å². The average Bonchev–Trinajstić information content (AvgIpc) is 2.57. The Kier molecular flexibility index (Phi) is 5.85. The normalized spacial score (nSPS) is 12.7. The molecule has 0 aliphatic heterocycles. The summed E-state index contributed by atoms with van der Waals surface area (Å²) < 4.78 is 27.5. The van der Waals surface area contributed by atoms with E-state index in [-0.39, 0.29) is 16.8 Å². The van der Waals surface area contributed by atoms with Gasteiger partial charge in [0, 0.05) is 11.6 Å². The lowest BCUT2D eigenvalue weighted by Crippen LogP contribution is -2.36. The van der Waals surface area contributed by atoms with Crippen molar-refractivity contribution in [3.8, 4) is 0 Å². The number of rotatable bonds is 6. The minimum Gasteiger partial charge on any atom is -0.349 e. The lowest BCUT2D eigenvalue weighted by molar-refractivity contribution is 0.0930. The second kappa shape index (κ2) is 7.70. The molecule has 0 saturated carbocycles. The fourth-order valence-corrected chi connectivity index (χ4v) is 3.39. The van der Waals surface area contributed by atoms with Crippen LogP contribution in [-0.4, -0.2) is 20.4 Å². The van der Waals surface area contributed by atoms with Crippen molar-refractivity contribution in [2.45, 2.75) is 38.6 Å². The van der Waals surface area contributed by atoms with Crippen molar-refractivity contribution in [2.24, 2.45) is 5.92 Å². The van der Waals surface area contributed by atoms with E-state index in [1.807, 2.05) is 20.8 Å². The van der Waals surface area contributed by atoms with E-state index in [9.17, 15) is 13.2 Å². The van der Waals surface area contributed by atoms with Gasteiger partial charge in [-0.2, -0.15) is 0 Å². The van der Waals surface area contributed by atoms with Crippen molar-refractivity contribution in [1.29, 1.82) is 0 Å². The van der Waals surface area contributed by atoms with Crippen LogP contribution in [0.1, 0.15) is 36.7 Å². The lowest BCUT2D eigenvalue weighted by atomic mass is 10.0. The number of hydrogen-bond acceptors (Lipinski definition) is 3. The number of carbonyl (C=O) groups excluding carboxylic acids is 1. The topological polar surface area (TPSA) is 75.3 Å². The molecule has 0 unspecified atom stereocenters. The maximum absolute atomic E-state index is 12.5. The number of sulfonamides is 1. The number of amides is 1. The Morgan fingerprint density at radius 3 is 2.20 bits per heavy atom.